The first-order chi connectivity index (χ1) is 12.2. The van der Waals surface area contributed by atoms with Crippen molar-refractivity contribution in [2.45, 2.75) is 31.6 Å². The molecule has 1 aromatic rings. The Bertz CT molecular complexity index is 854. The highest BCUT2D eigenvalue weighted by Gasteiger charge is 2.49. The first-order valence-electron chi connectivity index (χ1n) is 8.31. The molecule has 0 unspecified atom stereocenters. The van der Waals surface area contributed by atoms with Gasteiger partial charge < -0.3 is 9.64 Å². The predicted molar refractivity (Wildman–Crippen MR) is 106 cm³/mol. The Kier molecular flexibility index (Phi) is 5.55. The first-order valence-corrected chi connectivity index (χ1v) is 11.4. The molecular formula is C17H21ClN2O4S2. The normalized spacial score (nSPS) is 25.7. The van der Waals surface area contributed by atoms with Crippen LogP contribution in [0.15, 0.2) is 23.2 Å². The summed E-state index contributed by atoms with van der Waals surface area (Å²) in [6.45, 7) is 3.92. The van der Waals surface area contributed by atoms with Gasteiger partial charge in [-0.25, -0.2) is 8.42 Å². The van der Waals surface area contributed by atoms with Gasteiger partial charge in [-0.15, -0.1) is 0 Å². The van der Waals surface area contributed by atoms with Gasteiger partial charge in [0.2, 0.25) is 5.91 Å². The molecule has 1 aromatic carbocycles. The number of carbonyl (C=O) groups is 1. The van der Waals surface area contributed by atoms with Crippen LogP contribution in [0.2, 0.25) is 5.02 Å². The fourth-order valence-electron chi connectivity index (χ4n) is 3.17. The lowest BCUT2D eigenvalue weighted by atomic mass is 10.1. The topological polar surface area (TPSA) is 76.0 Å². The molecule has 0 bridgehead atoms. The fraction of sp³-hybridized carbons (Fsp3) is 0.529. The molecule has 0 spiro atoms. The smallest absolute Gasteiger partial charge is 0.248 e. The van der Waals surface area contributed by atoms with E-state index in [9.17, 15) is 13.2 Å². The number of benzene rings is 1. The summed E-state index contributed by atoms with van der Waals surface area (Å²) in [4.78, 5) is 18.3. The molecule has 2 aliphatic heterocycles. The van der Waals surface area contributed by atoms with Crippen molar-refractivity contribution >= 4 is 50.0 Å². The van der Waals surface area contributed by atoms with E-state index >= 15 is 0 Å². The third-order valence-electron chi connectivity index (χ3n) is 4.28. The number of aliphatic imine (C=N–C) groups is 1. The molecule has 6 nitrogen and oxygen atoms in total. The van der Waals surface area contributed by atoms with Crippen LogP contribution in [0.3, 0.4) is 0 Å². The molecule has 0 aromatic heterocycles. The Morgan fingerprint density at radius 2 is 2.15 bits per heavy atom. The maximum Gasteiger partial charge on any atom is 0.248 e. The summed E-state index contributed by atoms with van der Waals surface area (Å²) in [7, 11) is -1.57. The van der Waals surface area contributed by atoms with Crippen LogP contribution in [-0.4, -0.2) is 49.4 Å². The van der Waals surface area contributed by atoms with Gasteiger partial charge in [-0.3, -0.25) is 4.79 Å². The van der Waals surface area contributed by atoms with Crippen LogP contribution >= 0.6 is 23.4 Å². The van der Waals surface area contributed by atoms with E-state index in [1.54, 1.807) is 18.2 Å². The van der Waals surface area contributed by atoms with Crippen molar-refractivity contribution in [2.24, 2.45) is 10.9 Å². The maximum atomic E-state index is 12.2. The number of amidine groups is 1. The second kappa shape index (κ2) is 7.40. The lowest BCUT2D eigenvalue weighted by molar-refractivity contribution is -0.118. The standard InChI is InChI=1S/C17H21ClN2O4S2/c1-10(2)6-16(21)19-17-20(11-4-5-14(24-3)12(18)7-11)13-8-26(22,23)9-15(13)25-17/h4-5,7,10,13,15H,6,8-9H2,1-3H3/t13-,15-/m1/s1. The molecule has 9 heteroatoms. The highest BCUT2D eigenvalue weighted by atomic mass is 35.5. The van der Waals surface area contributed by atoms with Crippen LogP contribution in [0.25, 0.3) is 0 Å². The maximum absolute atomic E-state index is 12.2. The van der Waals surface area contributed by atoms with Crippen molar-refractivity contribution in [3.63, 3.8) is 0 Å². The van der Waals surface area contributed by atoms with Crippen molar-refractivity contribution < 1.29 is 17.9 Å². The van der Waals surface area contributed by atoms with Gasteiger partial charge in [0.05, 0.1) is 29.7 Å². The average Bonchev–Trinajstić information content (AvgIpc) is 2.97. The van der Waals surface area contributed by atoms with Gasteiger partial charge in [0, 0.05) is 17.4 Å². The van der Waals surface area contributed by atoms with Gasteiger partial charge in [-0.1, -0.05) is 37.2 Å². The van der Waals surface area contributed by atoms with E-state index in [2.05, 4.69) is 4.99 Å². The van der Waals surface area contributed by atoms with E-state index in [0.717, 1.165) is 0 Å². The summed E-state index contributed by atoms with van der Waals surface area (Å²) in [6.07, 6.45) is 0.356. The lowest BCUT2D eigenvalue weighted by Gasteiger charge is -2.25. The number of methoxy groups -OCH3 is 1. The van der Waals surface area contributed by atoms with Crippen molar-refractivity contribution in [1.82, 2.24) is 0 Å². The number of halogens is 1. The number of anilines is 1. The fourth-order valence-corrected chi connectivity index (χ4v) is 7.36. The molecule has 142 valence electrons. The van der Waals surface area contributed by atoms with Crippen LogP contribution in [0.5, 0.6) is 5.75 Å². The first kappa shape index (κ1) is 19.5. The third-order valence-corrected chi connectivity index (χ3v) is 7.79. The van der Waals surface area contributed by atoms with Crippen LogP contribution in [-0.2, 0) is 14.6 Å². The molecule has 2 aliphatic rings. The lowest BCUT2D eigenvalue weighted by Crippen LogP contribution is -2.37. The molecule has 0 aliphatic carbocycles. The number of carbonyl (C=O) groups excluding carboxylic acids is 1. The van der Waals surface area contributed by atoms with Gasteiger partial charge >= 0.3 is 0 Å². The molecule has 0 N–H and O–H groups in total. The number of thioether (sulfide) groups is 1. The summed E-state index contributed by atoms with van der Waals surface area (Å²) >= 11 is 7.60. The Morgan fingerprint density at radius 3 is 2.77 bits per heavy atom. The van der Waals surface area contributed by atoms with E-state index in [-0.39, 0.29) is 34.6 Å². The van der Waals surface area contributed by atoms with Crippen molar-refractivity contribution in [3.8, 4) is 5.75 Å². The zero-order chi connectivity index (χ0) is 19.1. The zero-order valence-corrected chi connectivity index (χ0v) is 17.2. The highest BCUT2D eigenvalue weighted by Crippen LogP contribution is 2.42. The number of nitrogens with zero attached hydrogens (tertiary/aromatic N) is 2. The third kappa shape index (κ3) is 4.02. The summed E-state index contributed by atoms with van der Waals surface area (Å²) in [6, 6.07) is 5.00. The molecule has 0 radical (unpaired) electrons. The Balaban J connectivity index is 1.99. The number of sulfone groups is 1. The number of fused-ring (bicyclic) bond motifs is 1. The minimum absolute atomic E-state index is 0.0473. The Hall–Kier alpha value is -1.25. The number of amides is 1. The van der Waals surface area contributed by atoms with Gasteiger partial charge in [-0.2, -0.15) is 4.99 Å². The van der Waals surface area contributed by atoms with E-state index < -0.39 is 9.84 Å². The molecule has 2 heterocycles. The zero-order valence-electron chi connectivity index (χ0n) is 14.8. The van der Waals surface area contributed by atoms with Gasteiger partial charge in [-0.05, 0) is 24.1 Å². The van der Waals surface area contributed by atoms with Crippen molar-refractivity contribution in [3.05, 3.63) is 23.2 Å². The van der Waals surface area contributed by atoms with Crippen molar-refractivity contribution in [2.75, 3.05) is 23.5 Å². The summed E-state index contributed by atoms with van der Waals surface area (Å²) < 4.78 is 29.3. The SMILES string of the molecule is COc1ccc(N2C(=NC(=O)CC(C)C)S[C@@H]3CS(=O)(=O)C[C@H]32)cc1Cl. The quantitative estimate of drug-likeness (QED) is 0.750. The van der Waals surface area contributed by atoms with Crippen LogP contribution in [0.1, 0.15) is 20.3 Å². The van der Waals surface area contributed by atoms with Gasteiger partial charge in [0.1, 0.15) is 5.75 Å². The molecule has 2 saturated heterocycles. The predicted octanol–water partition coefficient (Wildman–Crippen LogP) is 3.00. The molecule has 3 rings (SSSR count). The minimum Gasteiger partial charge on any atom is -0.495 e. The van der Waals surface area contributed by atoms with Gasteiger partial charge in [0.25, 0.3) is 0 Å². The number of ether oxygens (including phenoxy) is 1. The molecule has 1 amide bonds. The second-order valence-corrected chi connectivity index (χ2v) is 10.6. The second-order valence-electron chi connectivity index (χ2n) is 6.88. The van der Waals surface area contributed by atoms with E-state index in [0.29, 0.717) is 28.0 Å². The van der Waals surface area contributed by atoms with Gasteiger partial charge in [0.15, 0.2) is 15.0 Å². The Labute approximate surface area is 162 Å². The van der Waals surface area contributed by atoms with Crippen molar-refractivity contribution in [1.29, 1.82) is 0 Å². The number of rotatable bonds is 4. The van der Waals surface area contributed by atoms with Crippen LogP contribution in [0, 0.1) is 5.92 Å². The monoisotopic (exact) mass is 416 g/mol. The molecule has 26 heavy (non-hydrogen) atoms. The number of hydrogen-bond acceptors (Lipinski definition) is 5. The summed E-state index contributed by atoms with van der Waals surface area (Å²) in [5.41, 5.74) is 0.712. The van der Waals surface area contributed by atoms with Crippen LogP contribution < -0.4 is 9.64 Å². The van der Waals surface area contributed by atoms with E-state index in [4.69, 9.17) is 16.3 Å². The highest BCUT2D eigenvalue weighted by molar-refractivity contribution is 8.16. The largest absolute Gasteiger partial charge is 0.495 e. The average molecular weight is 417 g/mol. The molecule has 2 fully saturated rings. The summed E-state index contributed by atoms with van der Waals surface area (Å²) in [5.74, 6) is 0.690. The van der Waals surface area contributed by atoms with E-state index in [1.165, 1.54) is 18.9 Å². The number of hydrogen-bond donors (Lipinski definition) is 0. The molecule has 2 atom stereocenters. The van der Waals surface area contributed by atoms with E-state index in [1.807, 2.05) is 18.7 Å². The molecular weight excluding hydrogens is 396 g/mol. The molecule has 0 saturated carbocycles. The Morgan fingerprint density at radius 1 is 1.42 bits per heavy atom. The van der Waals surface area contributed by atoms with Crippen LogP contribution in [0.4, 0.5) is 5.69 Å². The minimum atomic E-state index is -3.10. The summed E-state index contributed by atoms with van der Waals surface area (Å²) in [5, 5.41) is 0.834.